The quantitative estimate of drug-likeness (QED) is 0.529. The van der Waals surface area contributed by atoms with Gasteiger partial charge in [-0.15, -0.1) is 0 Å². The van der Waals surface area contributed by atoms with Crippen molar-refractivity contribution in [2.75, 3.05) is 0 Å². The van der Waals surface area contributed by atoms with E-state index in [0.29, 0.717) is 5.36 Å². The molecular weight excluding hydrogens is 140 g/mol. The van der Waals surface area contributed by atoms with E-state index in [9.17, 15) is 4.79 Å². The number of amides is 1. The second-order valence-electron chi connectivity index (χ2n) is 2.35. The molecule has 1 heterocycles. The lowest BCUT2D eigenvalue weighted by molar-refractivity contribution is -0.116. The molecule has 1 aromatic rings. The average Bonchev–Trinajstić information content (AvgIpc) is 1.93. The van der Waals surface area contributed by atoms with Crippen LogP contribution in [-0.2, 0) is 11.8 Å². The Hall–Kier alpha value is -1.38. The minimum atomic E-state index is -0.168. The molecule has 0 N–H and O–H groups in total. The van der Waals surface area contributed by atoms with E-state index in [1.54, 1.807) is 12.1 Å². The molecule has 0 saturated heterocycles. The van der Waals surface area contributed by atoms with Crippen LogP contribution in [0.5, 0.6) is 0 Å². The Balaban J connectivity index is 3.08. The molecule has 3 nitrogen and oxygen atoms in total. The van der Waals surface area contributed by atoms with E-state index >= 15 is 0 Å². The maximum atomic E-state index is 10.5. The van der Waals surface area contributed by atoms with Gasteiger partial charge in [0.1, 0.15) is 0 Å². The lowest BCUT2D eigenvalue weighted by Crippen LogP contribution is -2.05. The van der Waals surface area contributed by atoms with Crippen molar-refractivity contribution in [1.29, 1.82) is 0 Å². The van der Waals surface area contributed by atoms with Crippen LogP contribution in [0.1, 0.15) is 6.92 Å². The highest BCUT2D eigenvalue weighted by Crippen LogP contribution is 1.77. The number of hydrogen-bond acceptors (Lipinski definition) is 1. The molecular formula is C8H10N2O. The summed E-state index contributed by atoms with van der Waals surface area (Å²) >= 11 is 0. The number of hydrogen-bond donors (Lipinski definition) is 0. The number of rotatable bonds is 0. The van der Waals surface area contributed by atoms with Crippen molar-refractivity contribution in [3.05, 3.63) is 29.9 Å². The van der Waals surface area contributed by atoms with Gasteiger partial charge in [-0.05, 0) is 12.1 Å². The molecule has 0 aliphatic carbocycles. The SMILES string of the molecule is CC(=O)N=c1ccn(C)cc1. The molecule has 3 heteroatoms. The number of pyridine rings is 1. The Labute approximate surface area is 65.0 Å². The highest BCUT2D eigenvalue weighted by molar-refractivity contribution is 5.73. The average molecular weight is 150 g/mol. The number of carbonyl (C=O) groups is 1. The van der Waals surface area contributed by atoms with Crippen LogP contribution in [0.2, 0.25) is 0 Å². The fourth-order valence-electron chi connectivity index (χ4n) is 0.749. The molecule has 0 saturated carbocycles. The lowest BCUT2D eigenvalue weighted by Gasteiger charge is -1.92. The van der Waals surface area contributed by atoms with E-state index in [1.807, 2.05) is 24.0 Å². The lowest BCUT2D eigenvalue weighted by atomic mass is 10.4. The molecule has 0 aliphatic rings. The maximum absolute atomic E-state index is 10.5. The summed E-state index contributed by atoms with van der Waals surface area (Å²) in [6.45, 7) is 1.44. The highest BCUT2D eigenvalue weighted by atomic mass is 16.1. The van der Waals surface area contributed by atoms with Crippen molar-refractivity contribution in [2.45, 2.75) is 6.92 Å². The van der Waals surface area contributed by atoms with Crippen molar-refractivity contribution in [3.63, 3.8) is 0 Å². The molecule has 1 amide bonds. The topological polar surface area (TPSA) is 34.4 Å². The third-order valence-electron chi connectivity index (χ3n) is 1.25. The van der Waals surface area contributed by atoms with E-state index in [1.165, 1.54) is 6.92 Å². The van der Waals surface area contributed by atoms with Crippen LogP contribution in [-0.4, -0.2) is 10.5 Å². The van der Waals surface area contributed by atoms with Gasteiger partial charge in [0.15, 0.2) is 0 Å². The highest BCUT2D eigenvalue weighted by Gasteiger charge is 1.84. The van der Waals surface area contributed by atoms with Crippen LogP contribution in [0, 0.1) is 0 Å². The molecule has 58 valence electrons. The predicted octanol–water partition coefficient (Wildman–Crippen LogP) is 0.472. The van der Waals surface area contributed by atoms with Crippen LogP contribution in [0.3, 0.4) is 0 Å². The molecule has 0 radical (unpaired) electrons. The van der Waals surface area contributed by atoms with Crippen LogP contribution in [0.25, 0.3) is 0 Å². The third kappa shape index (κ3) is 2.37. The first kappa shape index (κ1) is 7.72. The summed E-state index contributed by atoms with van der Waals surface area (Å²) in [7, 11) is 1.91. The van der Waals surface area contributed by atoms with Gasteiger partial charge in [-0.3, -0.25) is 4.79 Å². The summed E-state index contributed by atoms with van der Waals surface area (Å²) in [6.07, 6.45) is 3.70. The van der Waals surface area contributed by atoms with Gasteiger partial charge in [0.25, 0.3) is 0 Å². The normalized spacial score (nSPS) is 9.27. The van der Waals surface area contributed by atoms with E-state index in [0.717, 1.165) is 0 Å². The van der Waals surface area contributed by atoms with E-state index < -0.39 is 0 Å². The fourth-order valence-corrected chi connectivity index (χ4v) is 0.749. The molecule has 11 heavy (non-hydrogen) atoms. The Morgan fingerprint density at radius 2 is 2.00 bits per heavy atom. The molecule has 0 aliphatic heterocycles. The Morgan fingerprint density at radius 3 is 2.45 bits per heavy atom. The van der Waals surface area contributed by atoms with Crippen molar-refractivity contribution in [3.8, 4) is 0 Å². The van der Waals surface area contributed by atoms with E-state index in [4.69, 9.17) is 0 Å². The molecule has 0 atom stereocenters. The molecule has 0 unspecified atom stereocenters. The van der Waals surface area contributed by atoms with Gasteiger partial charge in [0, 0.05) is 26.4 Å². The standard InChI is InChI=1S/C8H10N2O/c1-7(11)9-8-3-5-10(2)6-4-8/h3-6H,1-2H3. The predicted molar refractivity (Wildman–Crippen MR) is 41.7 cm³/mol. The van der Waals surface area contributed by atoms with Crippen molar-refractivity contribution in [2.24, 2.45) is 12.0 Å². The maximum Gasteiger partial charge on any atom is 0.243 e. The molecule has 0 bridgehead atoms. The zero-order valence-electron chi connectivity index (χ0n) is 6.61. The van der Waals surface area contributed by atoms with Gasteiger partial charge in [0.2, 0.25) is 5.91 Å². The fraction of sp³-hybridized carbons (Fsp3) is 0.250. The first-order valence-electron chi connectivity index (χ1n) is 3.36. The third-order valence-corrected chi connectivity index (χ3v) is 1.25. The molecule has 1 rings (SSSR count). The van der Waals surface area contributed by atoms with Gasteiger partial charge < -0.3 is 4.57 Å². The van der Waals surface area contributed by atoms with E-state index in [-0.39, 0.29) is 5.91 Å². The summed E-state index contributed by atoms with van der Waals surface area (Å²) in [4.78, 5) is 14.3. The Morgan fingerprint density at radius 1 is 1.45 bits per heavy atom. The molecule has 1 aromatic heterocycles. The van der Waals surface area contributed by atoms with Crippen LogP contribution in [0.4, 0.5) is 0 Å². The van der Waals surface area contributed by atoms with Gasteiger partial charge in [-0.2, -0.15) is 0 Å². The van der Waals surface area contributed by atoms with Gasteiger partial charge >= 0.3 is 0 Å². The number of aryl methyl sites for hydroxylation is 1. The Kier molecular flexibility index (Phi) is 2.21. The van der Waals surface area contributed by atoms with Crippen LogP contribution >= 0.6 is 0 Å². The largest absolute Gasteiger partial charge is 0.357 e. The number of carbonyl (C=O) groups excluding carboxylic acids is 1. The summed E-state index contributed by atoms with van der Waals surface area (Å²) in [6, 6.07) is 3.59. The molecule has 0 fully saturated rings. The van der Waals surface area contributed by atoms with Crippen molar-refractivity contribution < 1.29 is 4.79 Å². The van der Waals surface area contributed by atoms with E-state index in [2.05, 4.69) is 4.99 Å². The summed E-state index contributed by atoms with van der Waals surface area (Å²) in [5.41, 5.74) is 0. The van der Waals surface area contributed by atoms with Gasteiger partial charge in [0.05, 0.1) is 5.36 Å². The second kappa shape index (κ2) is 3.14. The zero-order chi connectivity index (χ0) is 8.27. The minimum absolute atomic E-state index is 0.168. The smallest absolute Gasteiger partial charge is 0.243 e. The number of aromatic nitrogens is 1. The second-order valence-corrected chi connectivity index (χ2v) is 2.35. The summed E-state index contributed by atoms with van der Waals surface area (Å²) < 4.78 is 1.89. The Bertz CT molecular complexity index is 305. The monoisotopic (exact) mass is 150 g/mol. The van der Waals surface area contributed by atoms with Crippen LogP contribution < -0.4 is 5.36 Å². The molecule has 0 aromatic carbocycles. The summed E-state index contributed by atoms with van der Waals surface area (Å²) in [5, 5.41) is 0.704. The number of nitrogens with zero attached hydrogens (tertiary/aromatic N) is 2. The molecule has 0 spiro atoms. The van der Waals surface area contributed by atoms with Crippen LogP contribution in [0.15, 0.2) is 29.5 Å². The van der Waals surface area contributed by atoms with Gasteiger partial charge in [-0.1, -0.05) is 0 Å². The van der Waals surface area contributed by atoms with Crippen molar-refractivity contribution in [1.82, 2.24) is 4.57 Å². The minimum Gasteiger partial charge on any atom is -0.357 e. The first-order valence-corrected chi connectivity index (χ1v) is 3.36. The zero-order valence-corrected chi connectivity index (χ0v) is 6.61. The van der Waals surface area contributed by atoms with Gasteiger partial charge in [-0.25, -0.2) is 4.99 Å². The van der Waals surface area contributed by atoms with Crippen molar-refractivity contribution >= 4 is 5.91 Å². The first-order chi connectivity index (χ1) is 5.18. The summed E-state index contributed by atoms with van der Waals surface area (Å²) in [5.74, 6) is -0.168.